The maximum absolute atomic E-state index is 10.2. The zero-order chi connectivity index (χ0) is 13.1. The Bertz CT molecular complexity index is 514. The molecule has 0 bridgehead atoms. The predicted molar refractivity (Wildman–Crippen MR) is 69.7 cm³/mol. The average molecular weight is 246 g/mol. The van der Waals surface area contributed by atoms with Crippen LogP contribution >= 0.6 is 0 Å². The molecule has 96 valence electrons. The number of aliphatic hydroxyl groups is 1. The second-order valence-corrected chi connectivity index (χ2v) is 4.59. The zero-order valence-electron chi connectivity index (χ0n) is 10.9. The van der Waals surface area contributed by atoms with Crippen LogP contribution in [0.2, 0.25) is 0 Å². The monoisotopic (exact) mass is 246 g/mol. The molecule has 0 amide bonds. The van der Waals surface area contributed by atoms with Gasteiger partial charge in [0.1, 0.15) is 23.4 Å². The lowest BCUT2D eigenvalue weighted by molar-refractivity contribution is 0.186. The Hall–Kier alpha value is -1.74. The van der Waals surface area contributed by atoms with Gasteiger partial charge >= 0.3 is 0 Å². The molecular formula is C15H18O3. The maximum Gasteiger partial charge on any atom is 0.137 e. The molecule has 0 radical (unpaired) electrons. The van der Waals surface area contributed by atoms with Gasteiger partial charge in [0, 0.05) is 0 Å². The summed E-state index contributed by atoms with van der Waals surface area (Å²) < 4.78 is 11.0. The molecule has 0 aliphatic rings. The molecule has 3 heteroatoms. The van der Waals surface area contributed by atoms with E-state index in [0.717, 1.165) is 17.1 Å². The van der Waals surface area contributed by atoms with Crippen LogP contribution in [0.5, 0.6) is 5.75 Å². The van der Waals surface area contributed by atoms with E-state index in [9.17, 15) is 5.11 Å². The smallest absolute Gasteiger partial charge is 0.137 e. The first-order valence-electron chi connectivity index (χ1n) is 6.07. The molecule has 3 nitrogen and oxygen atoms in total. The number of benzene rings is 1. The molecule has 2 rings (SSSR count). The van der Waals surface area contributed by atoms with Crippen LogP contribution in [0.4, 0.5) is 0 Å². The number of hydrogen-bond donors (Lipinski definition) is 1. The molecule has 2 aromatic rings. The predicted octanol–water partition coefficient (Wildman–Crippen LogP) is 3.46. The summed E-state index contributed by atoms with van der Waals surface area (Å²) in [7, 11) is 0. The Morgan fingerprint density at radius 2 is 1.94 bits per heavy atom. The number of rotatable bonds is 4. The standard InChI is InChI=1S/C15H18O3/c1-10(2)17-13-6-4-5-12(9-13)15(16)14-8-7-11(3)18-14/h4-10,15-16H,1-3H3. The lowest BCUT2D eigenvalue weighted by Crippen LogP contribution is -2.06. The fourth-order valence-corrected chi connectivity index (χ4v) is 1.79. The van der Waals surface area contributed by atoms with Gasteiger partial charge in [-0.3, -0.25) is 0 Å². The fourth-order valence-electron chi connectivity index (χ4n) is 1.79. The molecule has 0 aliphatic heterocycles. The second-order valence-electron chi connectivity index (χ2n) is 4.59. The van der Waals surface area contributed by atoms with E-state index in [1.807, 2.05) is 51.1 Å². The van der Waals surface area contributed by atoms with Gasteiger partial charge in [-0.15, -0.1) is 0 Å². The molecule has 1 atom stereocenters. The molecule has 0 spiro atoms. The van der Waals surface area contributed by atoms with Crippen molar-refractivity contribution < 1.29 is 14.3 Å². The summed E-state index contributed by atoms with van der Waals surface area (Å²) in [5.41, 5.74) is 0.766. The highest BCUT2D eigenvalue weighted by Gasteiger charge is 2.14. The molecule has 1 heterocycles. The Balaban J connectivity index is 2.22. The summed E-state index contributed by atoms with van der Waals surface area (Å²) in [6.45, 7) is 5.80. The Labute approximate surface area is 107 Å². The lowest BCUT2D eigenvalue weighted by atomic mass is 10.1. The van der Waals surface area contributed by atoms with Crippen LogP contribution in [0.25, 0.3) is 0 Å². The Morgan fingerprint density at radius 1 is 1.17 bits per heavy atom. The highest BCUT2D eigenvalue weighted by molar-refractivity contribution is 5.33. The fraction of sp³-hybridized carbons (Fsp3) is 0.333. The van der Waals surface area contributed by atoms with Gasteiger partial charge in [-0.05, 0) is 50.6 Å². The van der Waals surface area contributed by atoms with Crippen LogP contribution in [-0.2, 0) is 0 Å². The van der Waals surface area contributed by atoms with E-state index < -0.39 is 6.10 Å². The van der Waals surface area contributed by atoms with Gasteiger partial charge in [0.05, 0.1) is 6.10 Å². The van der Waals surface area contributed by atoms with Crippen molar-refractivity contribution in [3.63, 3.8) is 0 Å². The third-order valence-electron chi connectivity index (χ3n) is 2.58. The highest BCUT2D eigenvalue weighted by atomic mass is 16.5. The average Bonchev–Trinajstić information content (AvgIpc) is 2.74. The molecule has 0 saturated heterocycles. The largest absolute Gasteiger partial charge is 0.491 e. The molecule has 1 unspecified atom stereocenters. The van der Waals surface area contributed by atoms with E-state index in [-0.39, 0.29) is 6.10 Å². The van der Waals surface area contributed by atoms with Crippen LogP contribution in [0.15, 0.2) is 40.8 Å². The van der Waals surface area contributed by atoms with Crippen molar-refractivity contribution in [3.8, 4) is 5.75 Å². The van der Waals surface area contributed by atoms with Crippen LogP contribution in [0.3, 0.4) is 0 Å². The molecule has 0 saturated carbocycles. The molecule has 1 aromatic carbocycles. The van der Waals surface area contributed by atoms with Crippen LogP contribution in [0, 0.1) is 6.92 Å². The van der Waals surface area contributed by atoms with Crippen LogP contribution in [-0.4, -0.2) is 11.2 Å². The van der Waals surface area contributed by atoms with E-state index in [1.54, 1.807) is 6.07 Å². The summed E-state index contributed by atoms with van der Waals surface area (Å²) in [6.07, 6.45) is -0.641. The minimum absolute atomic E-state index is 0.114. The quantitative estimate of drug-likeness (QED) is 0.898. The van der Waals surface area contributed by atoms with Gasteiger partial charge in [0.25, 0.3) is 0 Å². The number of furan rings is 1. The lowest BCUT2D eigenvalue weighted by Gasteiger charge is -2.13. The van der Waals surface area contributed by atoms with Crippen molar-refractivity contribution in [2.24, 2.45) is 0 Å². The molecule has 1 aromatic heterocycles. The van der Waals surface area contributed by atoms with Gasteiger partial charge in [0.15, 0.2) is 0 Å². The van der Waals surface area contributed by atoms with Crippen molar-refractivity contribution in [1.29, 1.82) is 0 Å². The summed E-state index contributed by atoms with van der Waals surface area (Å²) in [5.74, 6) is 2.10. The van der Waals surface area contributed by atoms with E-state index in [4.69, 9.17) is 9.15 Å². The maximum atomic E-state index is 10.2. The van der Waals surface area contributed by atoms with Crippen molar-refractivity contribution in [1.82, 2.24) is 0 Å². The molecule has 0 aliphatic carbocycles. The van der Waals surface area contributed by atoms with Crippen molar-refractivity contribution in [3.05, 3.63) is 53.5 Å². The summed E-state index contributed by atoms with van der Waals surface area (Å²) in [5, 5.41) is 10.2. The first kappa shape index (κ1) is 12.7. The first-order chi connectivity index (χ1) is 8.56. The second kappa shape index (κ2) is 5.27. The normalized spacial score (nSPS) is 12.7. The minimum Gasteiger partial charge on any atom is -0.491 e. The summed E-state index contributed by atoms with van der Waals surface area (Å²) >= 11 is 0. The molecule has 0 fully saturated rings. The SMILES string of the molecule is Cc1ccc(C(O)c2cccc(OC(C)C)c2)o1. The number of aliphatic hydroxyl groups excluding tert-OH is 1. The van der Waals surface area contributed by atoms with Crippen molar-refractivity contribution in [2.45, 2.75) is 33.0 Å². The molecule has 1 N–H and O–H groups in total. The molecular weight excluding hydrogens is 228 g/mol. The first-order valence-corrected chi connectivity index (χ1v) is 6.07. The van der Waals surface area contributed by atoms with E-state index in [0.29, 0.717) is 5.76 Å². The van der Waals surface area contributed by atoms with Crippen molar-refractivity contribution in [2.75, 3.05) is 0 Å². The summed E-state index contributed by atoms with van der Waals surface area (Å²) in [6, 6.07) is 11.1. The molecule has 18 heavy (non-hydrogen) atoms. The van der Waals surface area contributed by atoms with Gasteiger partial charge in [0.2, 0.25) is 0 Å². The minimum atomic E-state index is -0.755. The third-order valence-corrected chi connectivity index (χ3v) is 2.58. The van der Waals surface area contributed by atoms with Gasteiger partial charge in [-0.1, -0.05) is 12.1 Å². The van der Waals surface area contributed by atoms with Crippen LogP contribution in [0.1, 0.15) is 37.0 Å². The summed E-state index contributed by atoms with van der Waals surface area (Å²) in [4.78, 5) is 0. The highest BCUT2D eigenvalue weighted by Crippen LogP contribution is 2.26. The number of aryl methyl sites for hydroxylation is 1. The third kappa shape index (κ3) is 2.93. The van der Waals surface area contributed by atoms with Gasteiger partial charge < -0.3 is 14.3 Å². The zero-order valence-corrected chi connectivity index (χ0v) is 10.9. The van der Waals surface area contributed by atoms with Crippen molar-refractivity contribution >= 4 is 0 Å². The topological polar surface area (TPSA) is 42.6 Å². The number of ether oxygens (including phenoxy) is 1. The van der Waals surface area contributed by atoms with E-state index in [2.05, 4.69) is 0 Å². The van der Waals surface area contributed by atoms with Crippen LogP contribution < -0.4 is 4.74 Å². The van der Waals surface area contributed by atoms with E-state index in [1.165, 1.54) is 0 Å². The Morgan fingerprint density at radius 3 is 2.56 bits per heavy atom. The van der Waals surface area contributed by atoms with Gasteiger partial charge in [-0.25, -0.2) is 0 Å². The van der Waals surface area contributed by atoms with E-state index >= 15 is 0 Å². The number of hydrogen-bond acceptors (Lipinski definition) is 3. The Kier molecular flexibility index (Phi) is 3.72. The van der Waals surface area contributed by atoms with Gasteiger partial charge in [-0.2, -0.15) is 0 Å².